The molecule has 36 heavy (non-hydrogen) atoms. The molecule has 0 saturated heterocycles. The van der Waals surface area contributed by atoms with E-state index in [1.165, 1.54) is 0 Å². The van der Waals surface area contributed by atoms with Gasteiger partial charge in [-0.2, -0.15) is 0 Å². The first-order valence-electron chi connectivity index (χ1n) is 11.9. The summed E-state index contributed by atoms with van der Waals surface area (Å²) in [6, 6.07) is 13.6. The van der Waals surface area contributed by atoms with Gasteiger partial charge in [-0.3, -0.25) is 29.4 Å². The van der Waals surface area contributed by atoms with Crippen molar-refractivity contribution in [3.8, 4) is 5.75 Å². The van der Waals surface area contributed by atoms with Gasteiger partial charge in [0.1, 0.15) is 31.0 Å². The standard InChI is InChI=1S/C26H31N3O7/c30-23(31)16-29-21-13-7-8-14-22(21)36-17-20(25(29)33)28-19(26(34)35)12-6-1-2-9-15-27-24(32)18-10-4-3-5-11-18/h3-5,7-8,10-11,13-14,19-20,28H,1-2,6,9,12,15-17H2,(H,27,32)(H,30,31)(H,34,35)/t19-,20?/m0/s1. The van der Waals surface area contributed by atoms with E-state index in [9.17, 15) is 29.4 Å². The molecule has 3 rings (SSSR count). The molecule has 0 fully saturated rings. The van der Waals surface area contributed by atoms with Crippen LogP contribution in [0.25, 0.3) is 0 Å². The van der Waals surface area contributed by atoms with Crippen LogP contribution in [-0.2, 0) is 14.4 Å². The first-order chi connectivity index (χ1) is 17.4. The highest BCUT2D eigenvalue weighted by molar-refractivity contribution is 6.02. The van der Waals surface area contributed by atoms with Crippen molar-refractivity contribution in [3.63, 3.8) is 0 Å². The Balaban J connectivity index is 1.46. The van der Waals surface area contributed by atoms with Gasteiger partial charge in [-0.1, -0.05) is 49.6 Å². The number of aliphatic carboxylic acids is 2. The van der Waals surface area contributed by atoms with E-state index in [0.29, 0.717) is 36.4 Å². The van der Waals surface area contributed by atoms with Gasteiger partial charge < -0.3 is 20.3 Å². The number of carboxylic acids is 2. The molecule has 2 aromatic rings. The fourth-order valence-corrected chi connectivity index (χ4v) is 4.01. The molecule has 0 radical (unpaired) electrons. The molecule has 0 bridgehead atoms. The van der Waals surface area contributed by atoms with E-state index < -0.39 is 36.5 Å². The second-order valence-corrected chi connectivity index (χ2v) is 8.53. The van der Waals surface area contributed by atoms with Crippen LogP contribution < -0.4 is 20.3 Å². The molecule has 10 heteroatoms. The number of rotatable bonds is 13. The molecule has 0 aromatic heterocycles. The predicted molar refractivity (Wildman–Crippen MR) is 132 cm³/mol. The normalized spacial score (nSPS) is 15.8. The maximum Gasteiger partial charge on any atom is 0.323 e. The first kappa shape index (κ1) is 26.7. The van der Waals surface area contributed by atoms with E-state index in [-0.39, 0.29) is 12.5 Å². The second-order valence-electron chi connectivity index (χ2n) is 8.53. The monoisotopic (exact) mass is 497 g/mol. The van der Waals surface area contributed by atoms with Gasteiger partial charge in [0.2, 0.25) is 5.91 Å². The highest BCUT2D eigenvalue weighted by atomic mass is 16.5. The summed E-state index contributed by atoms with van der Waals surface area (Å²) in [4.78, 5) is 49.4. The molecule has 2 atom stereocenters. The van der Waals surface area contributed by atoms with E-state index in [0.717, 1.165) is 24.2 Å². The lowest BCUT2D eigenvalue weighted by atomic mass is 10.1. The summed E-state index contributed by atoms with van der Waals surface area (Å²) in [7, 11) is 0. The molecular weight excluding hydrogens is 466 g/mol. The zero-order chi connectivity index (χ0) is 25.9. The third kappa shape index (κ3) is 7.54. The number of nitrogens with one attached hydrogen (secondary N) is 2. The lowest BCUT2D eigenvalue weighted by Gasteiger charge is -2.25. The predicted octanol–water partition coefficient (Wildman–Crippen LogP) is 2.29. The summed E-state index contributed by atoms with van der Waals surface area (Å²) in [5, 5.41) is 24.7. The van der Waals surface area contributed by atoms with Gasteiger partial charge in [-0.15, -0.1) is 0 Å². The lowest BCUT2D eigenvalue weighted by Crippen LogP contribution is -2.54. The molecule has 2 aromatic carbocycles. The summed E-state index contributed by atoms with van der Waals surface area (Å²) in [5.41, 5.74) is 0.940. The van der Waals surface area contributed by atoms with Crippen LogP contribution in [0.4, 0.5) is 5.69 Å². The number of carbonyl (C=O) groups is 4. The average molecular weight is 498 g/mol. The van der Waals surface area contributed by atoms with Gasteiger partial charge in [0, 0.05) is 12.1 Å². The number of fused-ring (bicyclic) bond motifs is 1. The second kappa shape index (κ2) is 13.2. The number of nitrogens with zero attached hydrogens (tertiary/aromatic N) is 1. The van der Waals surface area contributed by atoms with E-state index >= 15 is 0 Å². The van der Waals surface area contributed by atoms with Crippen LogP contribution in [0.3, 0.4) is 0 Å². The Kier molecular flexibility index (Phi) is 9.82. The number of anilines is 1. The minimum Gasteiger partial charge on any atom is -0.489 e. The number of hydrogen-bond acceptors (Lipinski definition) is 6. The number of unbranched alkanes of at least 4 members (excludes halogenated alkanes) is 3. The Morgan fingerprint density at radius 3 is 2.39 bits per heavy atom. The number of benzene rings is 2. The van der Waals surface area contributed by atoms with Crippen molar-refractivity contribution >= 4 is 29.4 Å². The van der Waals surface area contributed by atoms with Gasteiger partial charge in [0.05, 0.1) is 5.69 Å². The number of para-hydroxylation sites is 2. The van der Waals surface area contributed by atoms with Gasteiger partial charge >= 0.3 is 11.9 Å². The minimum atomic E-state index is -1.19. The highest BCUT2D eigenvalue weighted by Crippen LogP contribution is 2.31. The molecule has 10 nitrogen and oxygen atoms in total. The summed E-state index contributed by atoms with van der Waals surface area (Å²) >= 11 is 0. The fourth-order valence-electron chi connectivity index (χ4n) is 4.01. The van der Waals surface area contributed by atoms with E-state index in [2.05, 4.69) is 10.6 Å². The van der Waals surface area contributed by atoms with Crippen molar-refractivity contribution in [2.24, 2.45) is 0 Å². The summed E-state index contributed by atoms with van der Waals surface area (Å²) in [5.74, 6) is -2.59. The van der Waals surface area contributed by atoms with Crippen molar-refractivity contribution in [1.29, 1.82) is 0 Å². The summed E-state index contributed by atoms with van der Waals surface area (Å²) in [6.45, 7) is -0.144. The quantitative estimate of drug-likeness (QED) is 0.309. The number of carbonyl (C=O) groups excluding carboxylic acids is 2. The van der Waals surface area contributed by atoms with E-state index in [4.69, 9.17) is 4.74 Å². The maximum atomic E-state index is 13.1. The molecule has 192 valence electrons. The molecule has 2 amide bonds. The van der Waals surface area contributed by atoms with Crippen molar-refractivity contribution in [3.05, 3.63) is 60.2 Å². The Morgan fingerprint density at radius 1 is 0.972 bits per heavy atom. The minimum absolute atomic E-state index is 0.114. The Hall–Kier alpha value is -3.92. The number of amides is 2. The topological polar surface area (TPSA) is 145 Å². The van der Waals surface area contributed by atoms with Crippen LogP contribution in [0.5, 0.6) is 5.75 Å². The Morgan fingerprint density at radius 2 is 1.67 bits per heavy atom. The van der Waals surface area contributed by atoms with Crippen LogP contribution >= 0.6 is 0 Å². The number of carboxylic acid groups (broad SMARTS) is 2. The molecule has 4 N–H and O–H groups in total. The third-order valence-corrected chi connectivity index (χ3v) is 5.86. The first-order valence-corrected chi connectivity index (χ1v) is 11.9. The molecule has 0 aliphatic carbocycles. The van der Waals surface area contributed by atoms with Gasteiger partial charge in [-0.05, 0) is 37.1 Å². The van der Waals surface area contributed by atoms with Crippen LogP contribution in [0, 0.1) is 0 Å². The van der Waals surface area contributed by atoms with Crippen molar-refractivity contribution in [2.45, 2.75) is 44.2 Å². The number of ether oxygens (including phenoxy) is 1. The van der Waals surface area contributed by atoms with Gasteiger partial charge in [0.15, 0.2) is 0 Å². The third-order valence-electron chi connectivity index (χ3n) is 5.86. The molecule has 1 unspecified atom stereocenters. The molecular formula is C26H31N3O7. The van der Waals surface area contributed by atoms with Crippen LogP contribution in [0.1, 0.15) is 42.5 Å². The lowest BCUT2D eigenvalue weighted by molar-refractivity contribution is -0.141. The Labute approximate surface area is 209 Å². The van der Waals surface area contributed by atoms with Crippen molar-refractivity contribution in [2.75, 3.05) is 24.6 Å². The van der Waals surface area contributed by atoms with Gasteiger partial charge in [-0.25, -0.2) is 0 Å². The molecule has 1 heterocycles. The van der Waals surface area contributed by atoms with Crippen LogP contribution in [0.2, 0.25) is 0 Å². The molecule has 1 aliphatic rings. The van der Waals surface area contributed by atoms with Crippen LogP contribution in [0.15, 0.2) is 54.6 Å². The summed E-state index contributed by atoms with van der Waals surface area (Å²) in [6.07, 6.45) is 3.24. The van der Waals surface area contributed by atoms with Crippen molar-refractivity contribution in [1.82, 2.24) is 10.6 Å². The van der Waals surface area contributed by atoms with Gasteiger partial charge in [0.25, 0.3) is 5.91 Å². The molecule has 1 aliphatic heterocycles. The van der Waals surface area contributed by atoms with Crippen LogP contribution in [-0.4, -0.2) is 65.7 Å². The smallest absolute Gasteiger partial charge is 0.323 e. The molecule has 0 spiro atoms. The van der Waals surface area contributed by atoms with E-state index in [1.54, 1.807) is 48.5 Å². The summed E-state index contributed by atoms with van der Waals surface area (Å²) < 4.78 is 5.70. The zero-order valence-corrected chi connectivity index (χ0v) is 19.9. The highest BCUT2D eigenvalue weighted by Gasteiger charge is 2.35. The van der Waals surface area contributed by atoms with E-state index in [1.807, 2.05) is 6.07 Å². The SMILES string of the molecule is O=C(O)CN1C(=O)C(N[C@@H](CCCCCCNC(=O)c2ccccc2)C(=O)O)COc2ccccc21. The number of hydrogen-bond donors (Lipinski definition) is 4. The maximum absolute atomic E-state index is 13.1. The fraction of sp³-hybridized carbons (Fsp3) is 0.385. The average Bonchev–Trinajstić information content (AvgIpc) is 2.99. The van der Waals surface area contributed by atoms with Crippen molar-refractivity contribution < 1.29 is 34.1 Å². The zero-order valence-electron chi connectivity index (χ0n) is 19.9. The Bertz CT molecular complexity index is 1060. The largest absolute Gasteiger partial charge is 0.489 e. The molecule has 0 saturated carbocycles.